The van der Waals surface area contributed by atoms with E-state index in [0.29, 0.717) is 18.7 Å². The molecule has 0 aliphatic rings. The molecular formula is C12H19N3O2. The van der Waals surface area contributed by atoms with E-state index in [2.05, 4.69) is 10.4 Å². The molecule has 0 saturated carbocycles. The van der Waals surface area contributed by atoms with Crippen molar-refractivity contribution in [2.75, 3.05) is 6.54 Å². The smallest absolute Gasteiger partial charge is 0.330 e. The first-order valence-electron chi connectivity index (χ1n) is 5.53. The Labute approximate surface area is 101 Å². The van der Waals surface area contributed by atoms with Crippen LogP contribution >= 0.6 is 0 Å². The fourth-order valence-electron chi connectivity index (χ4n) is 1.58. The number of carboxylic acid groups (broad SMARTS) is 1. The first-order chi connectivity index (χ1) is 7.93. The van der Waals surface area contributed by atoms with Crippen molar-refractivity contribution in [3.63, 3.8) is 0 Å². The predicted molar refractivity (Wildman–Crippen MR) is 65.8 cm³/mol. The highest BCUT2D eigenvalue weighted by Gasteiger charge is 2.07. The summed E-state index contributed by atoms with van der Waals surface area (Å²) < 4.78 is 1.85. The van der Waals surface area contributed by atoms with Crippen LogP contribution in [0.5, 0.6) is 0 Å². The fourth-order valence-corrected chi connectivity index (χ4v) is 1.58. The van der Waals surface area contributed by atoms with E-state index in [4.69, 9.17) is 5.11 Å². The number of aliphatic carboxylic acids is 1. The number of nitrogens with zero attached hydrogens (tertiary/aromatic N) is 2. The van der Waals surface area contributed by atoms with Gasteiger partial charge in [0.1, 0.15) is 0 Å². The summed E-state index contributed by atoms with van der Waals surface area (Å²) in [5.74, 6) is -0.875. The van der Waals surface area contributed by atoms with Crippen LogP contribution in [0.4, 0.5) is 0 Å². The molecule has 0 fully saturated rings. The van der Waals surface area contributed by atoms with Gasteiger partial charge in [-0.2, -0.15) is 5.10 Å². The van der Waals surface area contributed by atoms with E-state index in [1.54, 1.807) is 13.0 Å². The third kappa shape index (κ3) is 3.42. The normalized spacial score (nSPS) is 11.9. The van der Waals surface area contributed by atoms with Gasteiger partial charge in [0, 0.05) is 37.0 Å². The summed E-state index contributed by atoms with van der Waals surface area (Å²) in [6, 6.07) is 0. The van der Waals surface area contributed by atoms with Gasteiger partial charge in [-0.05, 0) is 20.8 Å². The lowest BCUT2D eigenvalue weighted by atomic mass is 10.2. The molecule has 0 radical (unpaired) electrons. The molecule has 0 unspecified atom stereocenters. The largest absolute Gasteiger partial charge is 0.478 e. The van der Waals surface area contributed by atoms with Gasteiger partial charge in [0.25, 0.3) is 0 Å². The first kappa shape index (κ1) is 13.4. The number of aromatic nitrogens is 2. The first-order valence-corrected chi connectivity index (χ1v) is 5.53. The lowest BCUT2D eigenvalue weighted by molar-refractivity contribution is -0.132. The molecule has 0 aliphatic heterocycles. The van der Waals surface area contributed by atoms with Gasteiger partial charge in [-0.25, -0.2) is 4.79 Å². The Bertz CT molecular complexity index is 447. The maximum Gasteiger partial charge on any atom is 0.330 e. The Morgan fingerprint density at radius 3 is 2.65 bits per heavy atom. The van der Waals surface area contributed by atoms with Crippen LogP contribution in [-0.2, 0) is 18.4 Å². The molecule has 0 spiro atoms. The van der Waals surface area contributed by atoms with Crippen LogP contribution in [0.3, 0.4) is 0 Å². The van der Waals surface area contributed by atoms with Gasteiger partial charge in [0.15, 0.2) is 0 Å². The van der Waals surface area contributed by atoms with Gasteiger partial charge >= 0.3 is 5.97 Å². The average Bonchev–Trinajstić information content (AvgIpc) is 2.49. The summed E-state index contributed by atoms with van der Waals surface area (Å²) in [6.45, 7) is 6.84. The summed E-state index contributed by atoms with van der Waals surface area (Å²) in [4.78, 5) is 10.6. The number of hydrogen-bond donors (Lipinski definition) is 2. The van der Waals surface area contributed by atoms with E-state index in [9.17, 15) is 4.79 Å². The molecule has 1 aromatic heterocycles. The lowest BCUT2D eigenvalue weighted by Crippen LogP contribution is -2.15. The number of aryl methyl sites for hydroxylation is 2. The molecule has 0 saturated heterocycles. The number of rotatable bonds is 5. The molecule has 0 aliphatic carbocycles. The molecule has 5 heteroatoms. The topological polar surface area (TPSA) is 67.2 Å². The molecule has 17 heavy (non-hydrogen) atoms. The van der Waals surface area contributed by atoms with Crippen molar-refractivity contribution in [2.45, 2.75) is 27.3 Å². The quantitative estimate of drug-likeness (QED) is 0.595. The minimum absolute atomic E-state index is 0.358. The highest BCUT2D eigenvalue weighted by atomic mass is 16.4. The van der Waals surface area contributed by atoms with Crippen LogP contribution < -0.4 is 5.32 Å². The second-order valence-corrected chi connectivity index (χ2v) is 4.10. The average molecular weight is 237 g/mol. The van der Waals surface area contributed by atoms with Gasteiger partial charge in [-0.3, -0.25) is 4.68 Å². The van der Waals surface area contributed by atoms with E-state index in [-0.39, 0.29) is 0 Å². The summed E-state index contributed by atoms with van der Waals surface area (Å²) in [6.07, 6.45) is 1.67. The standard InChI is InChI=1S/C12H19N3O2/c1-8(12(16)17)5-6-13-7-11-9(2)14-15(4)10(11)3/h5,13H,6-7H2,1-4H3,(H,16,17). The molecular weight excluding hydrogens is 218 g/mol. The van der Waals surface area contributed by atoms with Crippen LogP contribution in [0.2, 0.25) is 0 Å². The molecule has 1 rings (SSSR count). The molecule has 5 nitrogen and oxygen atoms in total. The van der Waals surface area contributed by atoms with Crippen LogP contribution in [0, 0.1) is 13.8 Å². The zero-order valence-electron chi connectivity index (χ0n) is 10.7. The van der Waals surface area contributed by atoms with E-state index in [1.807, 2.05) is 25.6 Å². The van der Waals surface area contributed by atoms with Crippen LogP contribution in [0.1, 0.15) is 23.9 Å². The van der Waals surface area contributed by atoms with E-state index >= 15 is 0 Å². The molecule has 0 amide bonds. The van der Waals surface area contributed by atoms with Gasteiger partial charge in [0.2, 0.25) is 0 Å². The molecule has 0 aromatic carbocycles. The second-order valence-electron chi connectivity index (χ2n) is 4.10. The number of carbonyl (C=O) groups is 1. The zero-order valence-corrected chi connectivity index (χ0v) is 10.7. The fraction of sp³-hybridized carbons (Fsp3) is 0.500. The van der Waals surface area contributed by atoms with Gasteiger partial charge in [-0.1, -0.05) is 6.08 Å². The van der Waals surface area contributed by atoms with Crippen molar-refractivity contribution in [3.05, 3.63) is 28.6 Å². The van der Waals surface area contributed by atoms with Crippen LogP contribution in [0.25, 0.3) is 0 Å². The Kier molecular flexibility index (Phi) is 4.45. The van der Waals surface area contributed by atoms with Gasteiger partial charge in [0.05, 0.1) is 5.69 Å². The Morgan fingerprint density at radius 1 is 1.53 bits per heavy atom. The van der Waals surface area contributed by atoms with Gasteiger partial charge in [-0.15, -0.1) is 0 Å². The number of nitrogens with one attached hydrogen (secondary N) is 1. The Morgan fingerprint density at radius 2 is 2.18 bits per heavy atom. The van der Waals surface area contributed by atoms with Gasteiger partial charge < -0.3 is 10.4 Å². The molecule has 2 N–H and O–H groups in total. The van der Waals surface area contributed by atoms with E-state index in [0.717, 1.165) is 11.4 Å². The van der Waals surface area contributed by atoms with Crippen molar-refractivity contribution in [1.29, 1.82) is 0 Å². The third-order valence-electron chi connectivity index (χ3n) is 2.85. The lowest BCUT2D eigenvalue weighted by Gasteiger charge is -2.03. The molecule has 0 atom stereocenters. The number of carboxylic acids is 1. The Balaban J connectivity index is 2.52. The van der Waals surface area contributed by atoms with Crippen molar-refractivity contribution >= 4 is 5.97 Å². The minimum Gasteiger partial charge on any atom is -0.478 e. The van der Waals surface area contributed by atoms with Crippen molar-refractivity contribution in [3.8, 4) is 0 Å². The van der Waals surface area contributed by atoms with Crippen LogP contribution in [-0.4, -0.2) is 27.4 Å². The minimum atomic E-state index is -0.875. The van der Waals surface area contributed by atoms with E-state index in [1.165, 1.54) is 5.56 Å². The van der Waals surface area contributed by atoms with Crippen molar-refractivity contribution < 1.29 is 9.90 Å². The highest BCUT2D eigenvalue weighted by molar-refractivity contribution is 5.85. The summed E-state index contributed by atoms with van der Waals surface area (Å²) in [5.41, 5.74) is 3.68. The zero-order chi connectivity index (χ0) is 13.0. The third-order valence-corrected chi connectivity index (χ3v) is 2.85. The van der Waals surface area contributed by atoms with Crippen LogP contribution in [0.15, 0.2) is 11.6 Å². The maximum absolute atomic E-state index is 10.6. The SMILES string of the molecule is CC(=CCNCc1c(C)nn(C)c1C)C(=O)O. The monoisotopic (exact) mass is 237 g/mol. The molecule has 0 bridgehead atoms. The molecule has 1 aromatic rings. The van der Waals surface area contributed by atoms with Crippen molar-refractivity contribution in [2.24, 2.45) is 7.05 Å². The van der Waals surface area contributed by atoms with E-state index < -0.39 is 5.97 Å². The predicted octanol–water partition coefficient (Wildman–Crippen LogP) is 1.16. The molecule has 1 heterocycles. The Hall–Kier alpha value is -1.62. The summed E-state index contributed by atoms with van der Waals surface area (Å²) in [7, 11) is 1.92. The molecule has 94 valence electrons. The summed E-state index contributed by atoms with van der Waals surface area (Å²) >= 11 is 0. The van der Waals surface area contributed by atoms with Crippen molar-refractivity contribution in [1.82, 2.24) is 15.1 Å². The second kappa shape index (κ2) is 5.63. The maximum atomic E-state index is 10.6. The highest BCUT2D eigenvalue weighted by Crippen LogP contribution is 2.10. The summed E-state index contributed by atoms with van der Waals surface area (Å²) in [5, 5.41) is 16.2. The number of hydrogen-bond acceptors (Lipinski definition) is 3.